The van der Waals surface area contributed by atoms with Gasteiger partial charge in [0.05, 0.1) is 0 Å². The lowest BCUT2D eigenvalue weighted by Gasteiger charge is -1.94. The van der Waals surface area contributed by atoms with Crippen LogP contribution < -0.4 is 0 Å². The first-order chi connectivity index (χ1) is 5.29. The van der Waals surface area contributed by atoms with Crippen molar-refractivity contribution in [3.63, 3.8) is 0 Å². The minimum Gasteiger partial charge on any atom is -0.288 e. The van der Waals surface area contributed by atoms with Crippen molar-refractivity contribution in [3.8, 4) is 0 Å². The van der Waals surface area contributed by atoms with E-state index in [1.165, 1.54) is 0 Å². The molecule has 0 aliphatic rings. The van der Waals surface area contributed by atoms with Crippen LogP contribution in [0.2, 0.25) is 0 Å². The predicted octanol–water partition coefficient (Wildman–Crippen LogP) is 1.98. The summed E-state index contributed by atoms with van der Waals surface area (Å²) in [5.41, 5.74) is 0.984. The van der Waals surface area contributed by atoms with Gasteiger partial charge in [0.25, 0.3) is 0 Å². The third-order valence-corrected chi connectivity index (χ3v) is 1.84. The van der Waals surface area contributed by atoms with Crippen LogP contribution in [0.15, 0.2) is 24.4 Å². The van der Waals surface area contributed by atoms with Crippen molar-refractivity contribution in [2.45, 2.75) is 12.8 Å². The van der Waals surface area contributed by atoms with Crippen LogP contribution in [-0.4, -0.2) is 8.77 Å². The Balaban J connectivity index is 2.45. The van der Waals surface area contributed by atoms with E-state index < -0.39 is 0 Å². The highest BCUT2D eigenvalue weighted by atomic mass is 127. The summed E-state index contributed by atoms with van der Waals surface area (Å²) in [6.45, 7) is 0. The Bertz CT molecular complexity index is 235. The number of pyridine rings is 1. The second kappa shape index (κ2) is 4.43. The van der Waals surface area contributed by atoms with E-state index >= 15 is 0 Å². The van der Waals surface area contributed by atoms with Gasteiger partial charge < -0.3 is 0 Å². The van der Waals surface area contributed by atoms with Gasteiger partial charge in [-0.15, -0.1) is 0 Å². The number of rotatable bonds is 3. The normalized spacial score (nSPS) is 9.55. The Morgan fingerprint density at radius 3 is 2.91 bits per heavy atom. The van der Waals surface area contributed by atoms with Crippen molar-refractivity contribution in [2.75, 3.05) is 0 Å². The van der Waals surface area contributed by atoms with Gasteiger partial charge in [-0.25, -0.2) is 0 Å². The van der Waals surface area contributed by atoms with Crippen LogP contribution in [0, 0.1) is 0 Å². The lowest BCUT2D eigenvalue weighted by atomic mass is 10.2. The molecule has 1 aromatic rings. The second-order valence-corrected chi connectivity index (χ2v) is 3.38. The van der Waals surface area contributed by atoms with Gasteiger partial charge in [-0.05, 0) is 41.1 Å². The number of hydrogen-bond donors (Lipinski definition) is 0. The summed E-state index contributed by atoms with van der Waals surface area (Å²) >= 11 is 1.80. The Kier molecular flexibility index (Phi) is 3.48. The summed E-state index contributed by atoms with van der Waals surface area (Å²) < 4.78 is 0.188. The largest absolute Gasteiger partial charge is 0.288 e. The molecule has 0 saturated carbocycles. The van der Waals surface area contributed by atoms with Gasteiger partial charge >= 0.3 is 0 Å². The molecule has 1 rings (SSSR count). The molecule has 1 aromatic heterocycles. The summed E-state index contributed by atoms with van der Waals surface area (Å²) in [7, 11) is 0. The maximum Gasteiger partial charge on any atom is 0.192 e. The van der Waals surface area contributed by atoms with Crippen molar-refractivity contribution in [1.82, 2.24) is 4.98 Å². The molecule has 0 bridgehead atoms. The molecule has 0 N–H and O–H groups in total. The molecule has 0 spiro atoms. The molecule has 58 valence electrons. The van der Waals surface area contributed by atoms with Gasteiger partial charge in [0, 0.05) is 18.3 Å². The molecule has 0 aromatic carbocycles. The molecule has 1 heterocycles. The summed E-state index contributed by atoms with van der Waals surface area (Å²) in [6.07, 6.45) is 3.08. The number of hydrogen-bond acceptors (Lipinski definition) is 2. The zero-order valence-corrected chi connectivity index (χ0v) is 8.11. The average molecular weight is 261 g/mol. The maximum absolute atomic E-state index is 10.6. The Morgan fingerprint density at radius 1 is 1.55 bits per heavy atom. The molecule has 0 unspecified atom stereocenters. The van der Waals surface area contributed by atoms with Crippen LogP contribution in [0.3, 0.4) is 0 Å². The average Bonchev–Trinajstić information content (AvgIpc) is 2.03. The Morgan fingerprint density at radius 2 is 2.36 bits per heavy atom. The van der Waals surface area contributed by atoms with Crippen molar-refractivity contribution in [1.29, 1.82) is 0 Å². The fourth-order valence-electron chi connectivity index (χ4n) is 0.772. The smallest absolute Gasteiger partial charge is 0.192 e. The number of carbonyl (C=O) groups is 1. The quantitative estimate of drug-likeness (QED) is 0.615. The van der Waals surface area contributed by atoms with Crippen LogP contribution in [0.25, 0.3) is 0 Å². The molecule has 11 heavy (non-hydrogen) atoms. The number of carbonyl (C=O) groups excluding carboxylic acids is 1. The van der Waals surface area contributed by atoms with Crippen LogP contribution >= 0.6 is 22.6 Å². The second-order valence-electron chi connectivity index (χ2n) is 2.18. The molecule has 0 fully saturated rings. The van der Waals surface area contributed by atoms with E-state index in [0.29, 0.717) is 6.42 Å². The van der Waals surface area contributed by atoms with E-state index in [0.717, 1.165) is 12.1 Å². The van der Waals surface area contributed by atoms with Crippen LogP contribution in [0.5, 0.6) is 0 Å². The molecule has 0 atom stereocenters. The summed E-state index contributed by atoms with van der Waals surface area (Å²) in [4.78, 5) is 14.7. The van der Waals surface area contributed by atoms with Crippen molar-refractivity contribution in [3.05, 3.63) is 30.1 Å². The molecule has 0 aliphatic heterocycles. The zero-order valence-electron chi connectivity index (χ0n) is 5.96. The highest BCUT2D eigenvalue weighted by Crippen LogP contribution is 2.01. The number of nitrogens with zero attached hydrogens (tertiary/aromatic N) is 1. The van der Waals surface area contributed by atoms with Crippen LogP contribution in [0.1, 0.15) is 12.1 Å². The van der Waals surface area contributed by atoms with Crippen LogP contribution in [0.4, 0.5) is 0 Å². The minimum atomic E-state index is 0.188. The summed E-state index contributed by atoms with van der Waals surface area (Å²) in [5, 5.41) is 0. The third kappa shape index (κ3) is 3.46. The molecule has 0 aliphatic carbocycles. The van der Waals surface area contributed by atoms with E-state index in [1.807, 2.05) is 18.2 Å². The van der Waals surface area contributed by atoms with E-state index in [4.69, 9.17) is 0 Å². The number of halogens is 1. The van der Waals surface area contributed by atoms with Crippen molar-refractivity contribution >= 4 is 26.4 Å². The lowest BCUT2D eigenvalue weighted by Crippen LogP contribution is -1.92. The number of aromatic nitrogens is 1. The van der Waals surface area contributed by atoms with Crippen molar-refractivity contribution in [2.24, 2.45) is 0 Å². The van der Waals surface area contributed by atoms with Gasteiger partial charge in [-0.2, -0.15) is 0 Å². The van der Waals surface area contributed by atoms with Crippen LogP contribution in [-0.2, 0) is 11.2 Å². The van der Waals surface area contributed by atoms with Gasteiger partial charge in [-0.3, -0.25) is 9.78 Å². The lowest BCUT2D eigenvalue weighted by molar-refractivity contribution is -0.109. The first-order valence-corrected chi connectivity index (χ1v) is 4.45. The number of aryl methyl sites for hydroxylation is 1. The Hall–Kier alpha value is -0.450. The van der Waals surface area contributed by atoms with Gasteiger partial charge in [0.2, 0.25) is 0 Å². The molecule has 0 radical (unpaired) electrons. The molecule has 0 saturated heterocycles. The Labute approximate surface area is 79.2 Å². The standard InChI is InChI=1S/C8H8INO/c9-8(11)5-4-7-3-1-2-6-10-7/h1-3,6H,4-5H2. The monoisotopic (exact) mass is 261 g/mol. The van der Waals surface area contributed by atoms with E-state index in [1.54, 1.807) is 28.8 Å². The fraction of sp³-hybridized carbons (Fsp3) is 0.250. The fourth-order valence-corrected chi connectivity index (χ4v) is 1.04. The van der Waals surface area contributed by atoms with Gasteiger partial charge in [0.1, 0.15) is 0 Å². The van der Waals surface area contributed by atoms with E-state index in [-0.39, 0.29) is 3.79 Å². The SMILES string of the molecule is O=C(I)CCc1ccccn1. The molecular formula is C8H8INO. The zero-order chi connectivity index (χ0) is 8.10. The minimum absolute atomic E-state index is 0.188. The highest BCUT2D eigenvalue weighted by molar-refractivity contribution is 14.1. The molecule has 0 amide bonds. The first kappa shape index (κ1) is 8.64. The van der Waals surface area contributed by atoms with Gasteiger partial charge in [0.15, 0.2) is 3.79 Å². The summed E-state index contributed by atoms with van der Waals surface area (Å²) in [5.74, 6) is 0. The predicted molar refractivity (Wildman–Crippen MR) is 51.6 cm³/mol. The third-order valence-electron chi connectivity index (χ3n) is 1.30. The molecule has 3 heteroatoms. The highest BCUT2D eigenvalue weighted by Gasteiger charge is 1.96. The van der Waals surface area contributed by atoms with E-state index in [9.17, 15) is 4.79 Å². The summed E-state index contributed by atoms with van der Waals surface area (Å²) in [6, 6.07) is 5.73. The first-order valence-electron chi connectivity index (χ1n) is 3.37. The molecular weight excluding hydrogens is 253 g/mol. The maximum atomic E-state index is 10.6. The van der Waals surface area contributed by atoms with Crippen molar-refractivity contribution < 1.29 is 4.79 Å². The van der Waals surface area contributed by atoms with E-state index in [2.05, 4.69) is 4.98 Å². The molecule has 2 nitrogen and oxygen atoms in total. The van der Waals surface area contributed by atoms with Gasteiger partial charge in [-0.1, -0.05) is 6.07 Å². The topological polar surface area (TPSA) is 30.0 Å².